The Morgan fingerprint density at radius 1 is 1.10 bits per heavy atom. The zero-order chi connectivity index (χ0) is 22.4. The Hall–Kier alpha value is -3.33. The highest BCUT2D eigenvalue weighted by atomic mass is 32.2. The number of nitrogens with zero attached hydrogens (tertiary/aromatic N) is 2. The van der Waals surface area contributed by atoms with Crippen molar-refractivity contribution in [1.29, 1.82) is 0 Å². The summed E-state index contributed by atoms with van der Waals surface area (Å²) in [6.45, 7) is 3.27. The smallest absolute Gasteiger partial charge is 0.341 e. The molecule has 8 nitrogen and oxygen atoms in total. The van der Waals surface area contributed by atoms with Crippen LogP contribution in [-0.4, -0.2) is 42.7 Å². The molecule has 0 atom stereocenters. The molecule has 0 N–H and O–H groups in total. The molecule has 0 saturated heterocycles. The number of benzene rings is 1. The van der Waals surface area contributed by atoms with Gasteiger partial charge in [-0.2, -0.15) is 0 Å². The van der Waals surface area contributed by atoms with E-state index in [1.54, 1.807) is 36.5 Å². The second-order valence-corrected chi connectivity index (χ2v) is 7.48. The fourth-order valence-corrected chi connectivity index (χ4v) is 3.96. The Balaban J connectivity index is 1.68. The number of hydrogen-bond acceptors (Lipinski definition) is 9. The fraction of sp³-hybridized carbons (Fsp3) is 0.273. The summed E-state index contributed by atoms with van der Waals surface area (Å²) >= 11 is 1.37. The van der Waals surface area contributed by atoms with Crippen LogP contribution in [0.2, 0.25) is 0 Å². The third-order valence-electron chi connectivity index (χ3n) is 4.57. The third-order valence-corrected chi connectivity index (χ3v) is 5.60. The van der Waals surface area contributed by atoms with Crippen LogP contribution >= 0.6 is 11.8 Å². The molecule has 3 aromatic rings. The SMILES string of the molecule is COc1ccc(C(=O)COC(=O)c2cccnc2SCc2c(C)noc2C)c(OC)c1. The van der Waals surface area contributed by atoms with Crippen molar-refractivity contribution in [2.75, 3.05) is 20.8 Å². The second kappa shape index (κ2) is 10.1. The lowest BCUT2D eigenvalue weighted by Gasteiger charge is -2.11. The summed E-state index contributed by atoms with van der Waals surface area (Å²) < 4.78 is 20.8. The van der Waals surface area contributed by atoms with E-state index in [-0.39, 0.29) is 11.3 Å². The van der Waals surface area contributed by atoms with Crippen LogP contribution in [0.1, 0.15) is 37.7 Å². The summed E-state index contributed by atoms with van der Waals surface area (Å²) in [5.41, 5.74) is 2.34. The molecular formula is C22H22N2O6S. The molecule has 0 saturated carbocycles. The normalized spacial score (nSPS) is 10.6. The van der Waals surface area contributed by atoms with Crippen molar-refractivity contribution < 1.29 is 28.3 Å². The van der Waals surface area contributed by atoms with Gasteiger partial charge in [-0.3, -0.25) is 4.79 Å². The van der Waals surface area contributed by atoms with Gasteiger partial charge in [0.05, 0.1) is 31.0 Å². The molecule has 0 aliphatic rings. The summed E-state index contributed by atoms with van der Waals surface area (Å²) in [6, 6.07) is 8.07. The maximum absolute atomic E-state index is 12.6. The highest BCUT2D eigenvalue weighted by molar-refractivity contribution is 7.98. The van der Waals surface area contributed by atoms with Gasteiger partial charge in [-0.1, -0.05) is 5.16 Å². The number of ether oxygens (including phenoxy) is 3. The number of ketones is 1. The summed E-state index contributed by atoms with van der Waals surface area (Å²) in [7, 11) is 2.98. The monoisotopic (exact) mass is 442 g/mol. The van der Waals surface area contributed by atoms with E-state index in [0.29, 0.717) is 27.8 Å². The minimum Gasteiger partial charge on any atom is -0.497 e. The Kier molecular flexibility index (Phi) is 7.30. The molecule has 0 unspecified atom stereocenters. The second-order valence-electron chi connectivity index (χ2n) is 6.51. The molecular weight excluding hydrogens is 420 g/mol. The predicted octanol–water partition coefficient (Wildman–Crippen LogP) is 4.04. The van der Waals surface area contributed by atoms with E-state index >= 15 is 0 Å². The molecule has 0 aliphatic heterocycles. The summed E-state index contributed by atoms with van der Waals surface area (Å²) in [5, 5.41) is 4.43. The number of rotatable bonds is 9. The molecule has 0 amide bonds. The van der Waals surface area contributed by atoms with E-state index in [1.165, 1.54) is 26.0 Å². The maximum atomic E-state index is 12.6. The zero-order valence-corrected chi connectivity index (χ0v) is 18.4. The van der Waals surface area contributed by atoms with Crippen LogP contribution in [0.4, 0.5) is 0 Å². The van der Waals surface area contributed by atoms with E-state index < -0.39 is 12.6 Å². The van der Waals surface area contributed by atoms with E-state index in [9.17, 15) is 9.59 Å². The summed E-state index contributed by atoms with van der Waals surface area (Å²) in [5.74, 6) is 1.15. The number of carbonyl (C=O) groups is 2. The van der Waals surface area contributed by atoms with Crippen molar-refractivity contribution in [2.45, 2.75) is 24.6 Å². The minimum atomic E-state index is -0.629. The molecule has 0 bridgehead atoms. The first-order valence-electron chi connectivity index (χ1n) is 9.36. The number of esters is 1. The van der Waals surface area contributed by atoms with Crippen LogP contribution < -0.4 is 9.47 Å². The van der Waals surface area contributed by atoms with Gasteiger partial charge in [-0.15, -0.1) is 11.8 Å². The molecule has 0 fully saturated rings. The van der Waals surface area contributed by atoms with E-state index in [1.807, 2.05) is 13.8 Å². The molecule has 9 heteroatoms. The molecule has 31 heavy (non-hydrogen) atoms. The van der Waals surface area contributed by atoms with Crippen LogP contribution in [0.25, 0.3) is 0 Å². The lowest BCUT2D eigenvalue weighted by molar-refractivity contribution is 0.0469. The standard InChI is InChI=1S/C22H22N2O6S/c1-13-18(14(2)30-24-13)12-31-21-17(6-5-9-23-21)22(26)29-11-19(25)16-8-7-15(27-3)10-20(16)28-4/h5-10H,11-12H2,1-4H3. The predicted molar refractivity (Wildman–Crippen MR) is 114 cm³/mol. The lowest BCUT2D eigenvalue weighted by atomic mass is 10.1. The van der Waals surface area contributed by atoms with Gasteiger partial charge < -0.3 is 18.7 Å². The highest BCUT2D eigenvalue weighted by Crippen LogP contribution is 2.28. The number of pyridine rings is 1. The van der Waals surface area contributed by atoms with Gasteiger partial charge in [0, 0.05) is 23.6 Å². The summed E-state index contributed by atoms with van der Waals surface area (Å²) in [6.07, 6.45) is 1.60. The number of aromatic nitrogens is 2. The zero-order valence-electron chi connectivity index (χ0n) is 17.6. The van der Waals surface area contributed by atoms with Gasteiger partial charge in [0.2, 0.25) is 5.78 Å². The van der Waals surface area contributed by atoms with E-state index in [2.05, 4.69) is 10.1 Å². The van der Waals surface area contributed by atoms with Crippen molar-refractivity contribution in [1.82, 2.24) is 10.1 Å². The van der Waals surface area contributed by atoms with Crippen molar-refractivity contribution in [3.8, 4) is 11.5 Å². The maximum Gasteiger partial charge on any atom is 0.341 e. The van der Waals surface area contributed by atoms with Gasteiger partial charge in [0.1, 0.15) is 22.3 Å². The molecule has 0 aliphatic carbocycles. The first-order chi connectivity index (χ1) is 14.9. The Bertz CT molecular complexity index is 1080. The largest absolute Gasteiger partial charge is 0.497 e. The van der Waals surface area contributed by atoms with Gasteiger partial charge in [0.15, 0.2) is 6.61 Å². The Morgan fingerprint density at radius 3 is 2.58 bits per heavy atom. The minimum absolute atomic E-state index is 0.286. The van der Waals surface area contributed by atoms with Gasteiger partial charge in [-0.25, -0.2) is 9.78 Å². The van der Waals surface area contributed by atoms with Gasteiger partial charge in [0.25, 0.3) is 0 Å². The molecule has 162 valence electrons. The topological polar surface area (TPSA) is 101 Å². The first kappa shape index (κ1) is 22.4. The lowest BCUT2D eigenvalue weighted by Crippen LogP contribution is -2.16. The van der Waals surface area contributed by atoms with Gasteiger partial charge >= 0.3 is 5.97 Å². The first-order valence-corrected chi connectivity index (χ1v) is 10.3. The molecule has 0 spiro atoms. The fourth-order valence-electron chi connectivity index (χ4n) is 2.83. The van der Waals surface area contributed by atoms with Crippen molar-refractivity contribution in [3.05, 3.63) is 64.7 Å². The molecule has 3 rings (SSSR count). The number of carbonyl (C=O) groups excluding carboxylic acids is 2. The molecule has 1 aromatic carbocycles. The molecule has 2 aromatic heterocycles. The summed E-state index contributed by atoms with van der Waals surface area (Å²) in [4.78, 5) is 29.5. The van der Waals surface area contributed by atoms with Crippen LogP contribution in [0.15, 0.2) is 46.1 Å². The van der Waals surface area contributed by atoms with Crippen LogP contribution in [0, 0.1) is 13.8 Å². The average Bonchev–Trinajstić information content (AvgIpc) is 3.12. The third kappa shape index (κ3) is 5.24. The number of hydrogen-bond donors (Lipinski definition) is 0. The molecule has 2 heterocycles. The number of aryl methyl sites for hydroxylation is 2. The quantitative estimate of drug-likeness (QED) is 0.276. The van der Waals surface area contributed by atoms with Crippen LogP contribution in [0.5, 0.6) is 11.5 Å². The number of Topliss-reactive ketones (excluding diaryl/α,β-unsaturated/α-hetero) is 1. The van der Waals surface area contributed by atoms with Gasteiger partial charge in [-0.05, 0) is 38.1 Å². The van der Waals surface area contributed by atoms with E-state index in [0.717, 1.165) is 17.0 Å². The highest BCUT2D eigenvalue weighted by Gasteiger charge is 2.19. The molecule has 0 radical (unpaired) electrons. The van der Waals surface area contributed by atoms with Crippen LogP contribution in [-0.2, 0) is 10.5 Å². The average molecular weight is 442 g/mol. The van der Waals surface area contributed by atoms with Crippen molar-refractivity contribution >= 4 is 23.5 Å². The number of methoxy groups -OCH3 is 2. The Morgan fingerprint density at radius 2 is 1.90 bits per heavy atom. The van der Waals surface area contributed by atoms with Crippen molar-refractivity contribution in [3.63, 3.8) is 0 Å². The Labute approximate surface area is 183 Å². The van der Waals surface area contributed by atoms with Crippen molar-refractivity contribution in [2.24, 2.45) is 0 Å². The van der Waals surface area contributed by atoms with E-state index in [4.69, 9.17) is 18.7 Å². The van der Waals surface area contributed by atoms with Crippen LogP contribution in [0.3, 0.4) is 0 Å². The number of thioether (sulfide) groups is 1.